The van der Waals surface area contributed by atoms with E-state index in [4.69, 9.17) is 0 Å². The first-order chi connectivity index (χ1) is 15.9. The van der Waals surface area contributed by atoms with Crippen LogP contribution < -0.4 is 0 Å². The van der Waals surface area contributed by atoms with Crippen molar-refractivity contribution in [2.45, 2.75) is 104 Å². The monoisotopic (exact) mass is 453 g/mol. The molecule has 3 N–H and O–H groups in total. The normalized spacial score (nSPS) is 13.0. The molecule has 0 saturated heterocycles. The fourth-order valence-electron chi connectivity index (χ4n) is 4.45. The molecule has 0 spiro atoms. The van der Waals surface area contributed by atoms with Crippen LogP contribution in [-0.2, 0) is 0 Å². The average Bonchev–Trinajstić information content (AvgIpc) is 2.81. The molecule has 182 valence electrons. The summed E-state index contributed by atoms with van der Waals surface area (Å²) in [7, 11) is 0. The largest absolute Gasteiger partial charge is 0.507 e. The van der Waals surface area contributed by atoms with Crippen molar-refractivity contribution in [1.82, 2.24) is 0 Å². The first-order valence-corrected chi connectivity index (χ1v) is 12.8. The van der Waals surface area contributed by atoms with Gasteiger partial charge in [-0.3, -0.25) is 0 Å². The molecule has 0 aliphatic rings. The molecule has 0 aromatic heterocycles. The Balaban J connectivity index is 2.14. The van der Waals surface area contributed by atoms with Gasteiger partial charge >= 0.3 is 0 Å². The van der Waals surface area contributed by atoms with Crippen LogP contribution in [0.2, 0.25) is 0 Å². The Kier molecular flexibility index (Phi) is 11.3. The maximum atomic E-state index is 10.7. The van der Waals surface area contributed by atoms with E-state index in [0.717, 1.165) is 24.0 Å². The van der Waals surface area contributed by atoms with Gasteiger partial charge in [-0.1, -0.05) is 96.3 Å². The summed E-state index contributed by atoms with van der Waals surface area (Å²) in [4.78, 5) is 0. The smallest absolute Gasteiger partial charge is 0.125 e. The van der Waals surface area contributed by atoms with Crippen molar-refractivity contribution < 1.29 is 15.4 Å². The van der Waals surface area contributed by atoms with Crippen LogP contribution in [0.25, 0.3) is 0 Å². The molecular weight excluding hydrogens is 410 g/mol. The molecule has 0 bridgehead atoms. The fraction of sp³-hybridized carbons (Fsp3) is 0.552. The molecule has 4 heteroatoms. The Morgan fingerprint density at radius 3 is 1.45 bits per heavy atom. The lowest BCUT2D eigenvalue weighted by Gasteiger charge is -2.16. The highest BCUT2D eigenvalue weighted by Crippen LogP contribution is 2.33. The van der Waals surface area contributed by atoms with Crippen molar-refractivity contribution in [3.05, 3.63) is 58.7 Å². The van der Waals surface area contributed by atoms with E-state index < -0.39 is 0 Å². The lowest BCUT2D eigenvalue weighted by Crippen LogP contribution is -2.06. The van der Waals surface area contributed by atoms with E-state index in [1.807, 2.05) is 12.1 Å². The van der Waals surface area contributed by atoms with Gasteiger partial charge in [0.15, 0.2) is 0 Å². The number of benzene rings is 2. The van der Waals surface area contributed by atoms with Crippen molar-refractivity contribution in [2.75, 3.05) is 0 Å². The van der Waals surface area contributed by atoms with Crippen LogP contribution in [0.5, 0.6) is 11.5 Å². The molecule has 2 atom stereocenters. The second kappa shape index (κ2) is 13.9. The minimum Gasteiger partial charge on any atom is -0.507 e. The second-order valence-corrected chi connectivity index (χ2v) is 9.50. The van der Waals surface area contributed by atoms with E-state index in [2.05, 4.69) is 32.9 Å². The zero-order valence-electron chi connectivity index (χ0n) is 21.0. The van der Waals surface area contributed by atoms with Crippen LogP contribution in [0.3, 0.4) is 0 Å². The first kappa shape index (κ1) is 26.8. The predicted molar refractivity (Wildman–Crippen MR) is 138 cm³/mol. The van der Waals surface area contributed by atoms with E-state index in [9.17, 15) is 15.4 Å². The average molecular weight is 454 g/mol. The highest BCUT2D eigenvalue weighted by atomic mass is 16.4. The van der Waals surface area contributed by atoms with Crippen LogP contribution in [0.15, 0.2) is 41.6 Å². The molecule has 33 heavy (non-hydrogen) atoms. The third kappa shape index (κ3) is 7.80. The van der Waals surface area contributed by atoms with Crippen LogP contribution in [0, 0.1) is 0 Å². The molecule has 0 aliphatic heterocycles. The summed E-state index contributed by atoms with van der Waals surface area (Å²) in [6, 6.07) is 11.0. The zero-order valence-corrected chi connectivity index (χ0v) is 21.0. The Morgan fingerprint density at radius 2 is 1.12 bits per heavy atom. The quantitative estimate of drug-likeness (QED) is 0.116. The molecule has 4 nitrogen and oxygen atoms in total. The molecule has 2 aromatic carbocycles. The number of unbranched alkanes of at least 4 members (excludes halogenated alkanes) is 6. The molecule has 2 rings (SSSR count). The predicted octanol–water partition coefficient (Wildman–Crippen LogP) is 8.47. The van der Waals surface area contributed by atoms with Crippen LogP contribution in [-0.4, -0.2) is 21.1 Å². The van der Waals surface area contributed by atoms with E-state index in [1.54, 1.807) is 24.3 Å². The van der Waals surface area contributed by atoms with Gasteiger partial charge in [-0.25, -0.2) is 0 Å². The Bertz CT molecular complexity index is 821. The van der Waals surface area contributed by atoms with Crippen molar-refractivity contribution >= 4 is 5.71 Å². The first-order valence-electron chi connectivity index (χ1n) is 12.8. The van der Waals surface area contributed by atoms with Crippen molar-refractivity contribution in [3.8, 4) is 11.5 Å². The number of hydrogen-bond donors (Lipinski definition) is 3. The molecule has 2 unspecified atom stereocenters. The van der Waals surface area contributed by atoms with E-state index in [-0.39, 0.29) is 17.2 Å². The maximum Gasteiger partial charge on any atom is 0.125 e. The molecular formula is C29H43NO3. The van der Waals surface area contributed by atoms with Gasteiger partial charge < -0.3 is 15.4 Å². The van der Waals surface area contributed by atoms with Gasteiger partial charge in [0.1, 0.15) is 17.2 Å². The molecule has 2 aromatic rings. The lowest BCUT2D eigenvalue weighted by atomic mass is 9.90. The summed E-state index contributed by atoms with van der Waals surface area (Å²) in [5.41, 5.74) is 3.14. The van der Waals surface area contributed by atoms with Crippen molar-refractivity contribution in [2.24, 2.45) is 5.16 Å². The third-order valence-corrected chi connectivity index (χ3v) is 6.77. The van der Waals surface area contributed by atoms with Crippen LogP contribution >= 0.6 is 0 Å². The van der Waals surface area contributed by atoms with Crippen LogP contribution in [0.4, 0.5) is 0 Å². The number of nitrogens with zero attached hydrogens (tertiary/aromatic N) is 1. The van der Waals surface area contributed by atoms with Gasteiger partial charge in [-0.2, -0.15) is 0 Å². The van der Waals surface area contributed by atoms with E-state index >= 15 is 0 Å². The number of rotatable bonds is 14. The third-order valence-electron chi connectivity index (χ3n) is 6.77. The summed E-state index contributed by atoms with van der Waals surface area (Å²) in [6.07, 6.45) is 11.9. The summed E-state index contributed by atoms with van der Waals surface area (Å²) in [5.74, 6) is 0.826. The summed E-state index contributed by atoms with van der Waals surface area (Å²) < 4.78 is 0. The molecule has 0 heterocycles. The molecule has 0 fully saturated rings. The highest BCUT2D eigenvalue weighted by molar-refractivity contribution is 6.15. The van der Waals surface area contributed by atoms with E-state index in [1.165, 1.54) is 51.4 Å². The number of phenols is 2. The summed E-state index contributed by atoms with van der Waals surface area (Å²) in [6.45, 7) is 8.77. The Hall–Kier alpha value is -2.49. The SMILES string of the molecule is CCCCCCC(C)c1ccc(C(=NO)c2ccc(C(C)CCCCCC)cc2O)c(O)c1. The standard InChI is InChI=1S/C29H43NO3/c1-5-7-9-11-13-21(3)23-15-17-25(27(31)19-23)29(30-33)26-18-16-24(20-28(26)32)22(4)14-12-10-8-6-2/h15-22,31-33H,5-14H2,1-4H3. The van der Waals surface area contributed by atoms with Gasteiger partial charge in [-0.05, 0) is 60.1 Å². The van der Waals surface area contributed by atoms with Gasteiger partial charge in [0.05, 0.1) is 0 Å². The number of hydrogen-bond acceptors (Lipinski definition) is 4. The number of phenolic OH excluding ortho intramolecular Hbond substituents is 2. The Morgan fingerprint density at radius 1 is 0.697 bits per heavy atom. The zero-order chi connectivity index (χ0) is 24.2. The molecule has 0 saturated carbocycles. The minimum atomic E-state index is 0.0634. The topological polar surface area (TPSA) is 73.1 Å². The van der Waals surface area contributed by atoms with Crippen molar-refractivity contribution in [1.29, 1.82) is 0 Å². The lowest BCUT2D eigenvalue weighted by molar-refractivity contribution is 0.319. The molecule has 0 amide bonds. The Labute approximate surface area is 200 Å². The van der Waals surface area contributed by atoms with Gasteiger partial charge in [-0.15, -0.1) is 0 Å². The molecule has 0 aliphatic carbocycles. The molecule has 0 radical (unpaired) electrons. The minimum absolute atomic E-state index is 0.0634. The van der Waals surface area contributed by atoms with Gasteiger partial charge in [0.25, 0.3) is 0 Å². The second-order valence-electron chi connectivity index (χ2n) is 9.50. The maximum absolute atomic E-state index is 10.7. The fourth-order valence-corrected chi connectivity index (χ4v) is 4.45. The summed E-state index contributed by atoms with van der Waals surface area (Å²) in [5, 5.41) is 34.6. The number of oxime groups is 1. The number of aromatic hydroxyl groups is 2. The van der Waals surface area contributed by atoms with Crippen LogP contribution in [0.1, 0.15) is 126 Å². The van der Waals surface area contributed by atoms with E-state index in [0.29, 0.717) is 23.0 Å². The summed E-state index contributed by atoms with van der Waals surface area (Å²) >= 11 is 0. The highest BCUT2D eigenvalue weighted by Gasteiger charge is 2.19. The van der Waals surface area contributed by atoms with Gasteiger partial charge in [0.2, 0.25) is 0 Å². The van der Waals surface area contributed by atoms with Gasteiger partial charge in [0, 0.05) is 11.1 Å². The van der Waals surface area contributed by atoms with Crippen molar-refractivity contribution in [3.63, 3.8) is 0 Å².